The molecule has 194 valence electrons. The van der Waals surface area contributed by atoms with Gasteiger partial charge in [-0.3, -0.25) is 4.79 Å². The maximum Gasteiger partial charge on any atom is 0.416 e. The largest absolute Gasteiger partial charge is 0.459 e. The molecule has 0 unspecified atom stereocenters. The lowest BCUT2D eigenvalue weighted by atomic mass is 9.93. The third-order valence-electron chi connectivity index (χ3n) is 6.92. The Morgan fingerprint density at radius 2 is 1.81 bits per heavy atom. The molecule has 2 fully saturated rings. The van der Waals surface area contributed by atoms with Crippen LogP contribution in [0.25, 0.3) is 11.4 Å². The normalized spacial score (nSPS) is 17.3. The van der Waals surface area contributed by atoms with Crippen LogP contribution in [-0.2, 0) is 21.1 Å². The number of carbonyl (C=O) groups is 2. The van der Waals surface area contributed by atoms with Gasteiger partial charge in [-0.1, -0.05) is 12.5 Å². The highest BCUT2D eigenvalue weighted by molar-refractivity contribution is 6.03. The van der Waals surface area contributed by atoms with Gasteiger partial charge in [0, 0.05) is 16.8 Å². The molecule has 5 rings (SSSR count). The molecule has 2 aliphatic carbocycles. The van der Waals surface area contributed by atoms with Gasteiger partial charge < -0.3 is 10.1 Å². The number of amides is 1. The number of benzene rings is 2. The Morgan fingerprint density at radius 1 is 1.05 bits per heavy atom. The highest BCUT2D eigenvalue weighted by atomic mass is 19.4. The van der Waals surface area contributed by atoms with Crippen LogP contribution in [-0.4, -0.2) is 38.6 Å². The molecule has 2 aliphatic rings. The number of nitrogens with one attached hydrogen (secondary N) is 2. The predicted octanol–water partition coefficient (Wildman–Crippen LogP) is 5.18. The van der Waals surface area contributed by atoms with Gasteiger partial charge >= 0.3 is 12.1 Å². The van der Waals surface area contributed by atoms with E-state index in [0.717, 1.165) is 44.2 Å². The summed E-state index contributed by atoms with van der Waals surface area (Å²) in [6.45, 7) is 0. The molecule has 1 aromatic heterocycles. The fraction of sp³-hybridized carbons (Fsp3) is 0.400. The Morgan fingerprint density at radius 3 is 2.43 bits per heavy atom. The summed E-state index contributed by atoms with van der Waals surface area (Å²) in [5.74, 6) is -2.01. The second-order valence-electron chi connectivity index (χ2n) is 9.40. The van der Waals surface area contributed by atoms with Crippen LogP contribution in [0.15, 0.2) is 36.4 Å². The molecule has 2 N–H and O–H groups in total. The van der Waals surface area contributed by atoms with Gasteiger partial charge in [0.1, 0.15) is 11.9 Å². The van der Waals surface area contributed by atoms with Crippen LogP contribution in [0.5, 0.6) is 0 Å². The summed E-state index contributed by atoms with van der Waals surface area (Å²) in [5, 5.41) is 16.3. The van der Waals surface area contributed by atoms with Crippen molar-refractivity contribution in [2.45, 2.75) is 62.6 Å². The highest BCUT2D eigenvalue weighted by Crippen LogP contribution is 2.50. The average Bonchev–Trinajstić information content (AvgIpc) is 3.49. The number of hydrogen-bond acceptors (Lipinski definition) is 6. The quantitative estimate of drug-likeness (QED) is 0.344. The van der Waals surface area contributed by atoms with E-state index in [9.17, 15) is 27.2 Å². The fourth-order valence-electron chi connectivity index (χ4n) is 4.74. The van der Waals surface area contributed by atoms with Crippen molar-refractivity contribution < 1.29 is 31.9 Å². The van der Waals surface area contributed by atoms with Gasteiger partial charge in [-0.15, -0.1) is 5.10 Å². The van der Waals surface area contributed by atoms with Crippen molar-refractivity contribution in [3.63, 3.8) is 0 Å². The van der Waals surface area contributed by atoms with Crippen molar-refractivity contribution in [1.29, 1.82) is 0 Å². The van der Waals surface area contributed by atoms with Crippen LogP contribution >= 0.6 is 0 Å². The summed E-state index contributed by atoms with van der Waals surface area (Å²) >= 11 is 0. The first-order valence-electron chi connectivity index (χ1n) is 12.0. The van der Waals surface area contributed by atoms with E-state index >= 15 is 0 Å². The lowest BCUT2D eigenvalue weighted by Crippen LogP contribution is -2.29. The molecule has 0 atom stereocenters. The molecule has 1 heterocycles. The first-order chi connectivity index (χ1) is 17.7. The number of H-pyrrole nitrogens is 1. The van der Waals surface area contributed by atoms with Crippen LogP contribution < -0.4 is 5.32 Å². The van der Waals surface area contributed by atoms with Gasteiger partial charge in [0.2, 0.25) is 5.91 Å². The zero-order chi connectivity index (χ0) is 26.2. The number of anilines is 1. The maximum absolute atomic E-state index is 14.6. The predicted molar refractivity (Wildman–Crippen MR) is 123 cm³/mol. The summed E-state index contributed by atoms with van der Waals surface area (Å²) in [5.41, 5.74) is -1.70. The number of ether oxygens (including phenoxy) is 1. The molecule has 0 aliphatic heterocycles. The maximum atomic E-state index is 14.6. The molecular weight excluding hydrogens is 494 g/mol. The van der Waals surface area contributed by atoms with Gasteiger partial charge in [-0.2, -0.15) is 13.2 Å². The third kappa shape index (κ3) is 5.05. The van der Waals surface area contributed by atoms with Crippen LogP contribution in [0.3, 0.4) is 0 Å². The number of hydrogen-bond donors (Lipinski definition) is 2. The minimum Gasteiger partial charge on any atom is -0.459 e. The molecule has 2 aromatic carbocycles. The molecule has 0 saturated heterocycles. The van der Waals surface area contributed by atoms with E-state index in [1.54, 1.807) is 0 Å². The van der Waals surface area contributed by atoms with Crippen molar-refractivity contribution in [2.24, 2.45) is 0 Å². The lowest BCUT2D eigenvalue weighted by molar-refractivity contribution is -0.137. The third-order valence-corrected chi connectivity index (χ3v) is 6.92. The van der Waals surface area contributed by atoms with Gasteiger partial charge in [0.05, 0.1) is 16.5 Å². The van der Waals surface area contributed by atoms with Crippen molar-refractivity contribution in [1.82, 2.24) is 20.6 Å². The van der Waals surface area contributed by atoms with E-state index in [-0.39, 0.29) is 41.6 Å². The smallest absolute Gasteiger partial charge is 0.416 e. The number of halogens is 4. The van der Waals surface area contributed by atoms with E-state index in [1.807, 2.05) is 0 Å². The Balaban J connectivity index is 1.39. The Kier molecular flexibility index (Phi) is 6.42. The lowest BCUT2D eigenvalue weighted by Gasteiger charge is -2.22. The summed E-state index contributed by atoms with van der Waals surface area (Å²) in [6.07, 6.45) is 0.377. The zero-order valence-electron chi connectivity index (χ0n) is 19.6. The van der Waals surface area contributed by atoms with Crippen molar-refractivity contribution in [2.75, 3.05) is 5.32 Å². The summed E-state index contributed by atoms with van der Waals surface area (Å²) in [6, 6.07) is 6.67. The van der Waals surface area contributed by atoms with Gasteiger partial charge in [-0.05, 0) is 79.3 Å². The number of aromatic nitrogens is 4. The highest BCUT2D eigenvalue weighted by Gasteiger charge is 2.53. The Hall–Kier alpha value is -3.83. The van der Waals surface area contributed by atoms with E-state index < -0.39 is 34.8 Å². The molecule has 0 radical (unpaired) electrons. The van der Waals surface area contributed by atoms with Crippen LogP contribution in [0.2, 0.25) is 0 Å². The van der Waals surface area contributed by atoms with Crippen molar-refractivity contribution >= 4 is 17.6 Å². The summed E-state index contributed by atoms with van der Waals surface area (Å²) < 4.78 is 59.1. The Bertz CT molecular complexity index is 1320. The first-order valence-corrected chi connectivity index (χ1v) is 12.0. The van der Waals surface area contributed by atoms with Gasteiger partial charge in [-0.25, -0.2) is 14.3 Å². The molecule has 0 bridgehead atoms. The number of nitrogens with zero attached hydrogens (tertiary/aromatic N) is 3. The number of alkyl halides is 3. The summed E-state index contributed by atoms with van der Waals surface area (Å²) in [4.78, 5) is 26.1. The number of rotatable bonds is 6. The van der Waals surface area contributed by atoms with E-state index in [2.05, 4.69) is 25.9 Å². The number of tetrazole rings is 1. The topological polar surface area (TPSA) is 110 Å². The fourth-order valence-corrected chi connectivity index (χ4v) is 4.74. The van der Waals surface area contributed by atoms with Gasteiger partial charge in [0.25, 0.3) is 0 Å². The first kappa shape index (κ1) is 24.8. The SMILES string of the molecule is O=C(OC1CCCCC1)c1ccc(NC(=O)C2(c3ccc(C(F)(F)F)cc3F)CC2)cc1-c1nnn[nH]1. The molecule has 1 amide bonds. The minimum absolute atomic E-state index is 0.0923. The number of carbonyl (C=O) groups excluding carboxylic acids is 2. The standard InChI is InChI=1S/C25H23F4N5O3/c26-20-12-14(25(27,28)29)6-9-19(20)24(10-11-24)23(36)30-15-7-8-17(18(13-15)21-31-33-34-32-21)22(35)37-16-4-2-1-3-5-16/h6-9,12-13,16H,1-5,10-11H2,(H,30,36)(H,31,32,33,34). The molecule has 2 saturated carbocycles. The van der Waals surface area contributed by atoms with Crippen LogP contribution in [0.4, 0.5) is 23.2 Å². The number of aromatic amines is 1. The van der Waals surface area contributed by atoms with Crippen molar-refractivity contribution in [3.8, 4) is 11.4 Å². The zero-order valence-corrected chi connectivity index (χ0v) is 19.6. The summed E-state index contributed by atoms with van der Waals surface area (Å²) in [7, 11) is 0. The van der Waals surface area contributed by atoms with E-state index in [0.29, 0.717) is 11.6 Å². The van der Waals surface area contributed by atoms with Gasteiger partial charge in [0.15, 0.2) is 5.82 Å². The molecule has 3 aromatic rings. The molecule has 8 nitrogen and oxygen atoms in total. The Labute approximate surface area is 208 Å². The van der Waals surface area contributed by atoms with E-state index in [1.165, 1.54) is 18.2 Å². The minimum atomic E-state index is -4.69. The number of esters is 1. The second kappa shape index (κ2) is 9.56. The van der Waals surface area contributed by atoms with E-state index in [4.69, 9.17) is 4.74 Å². The molecular formula is C25H23F4N5O3. The monoisotopic (exact) mass is 517 g/mol. The van der Waals surface area contributed by atoms with Crippen LogP contribution in [0.1, 0.15) is 66.4 Å². The average molecular weight is 517 g/mol. The second-order valence-corrected chi connectivity index (χ2v) is 9.40. The van der Waals surface area contributed by atoms with Crippen LogP contribution in [0, 0.1) is 5.82 Å². The molecule has 37 heavy (non-hydrogen) atoms. The molecule has 12 heteroatoms. The van der Waals surface area contributed by atoms with Crippen molar-refractivity contribution in [3.05, 3.63) is 58.9 Å². The molecule has 0 spiro atoms.